The maximum absolute atomic E-state index is 12.7. The second-order valence-electron chi connectivity index (χ2n) is 6.65. The largest absolute Gasteiger partial charge is 0.344 e. The first-order valence-corrected chi connectivity index (χ1v) is 8.75. The molecular formula is C17H30N2O2. The summed E-state index contributed by atoms with van der Waals surface area (Å²) in [5, 5.41) is 2.90. The SMILES string of the molecule is CCCC1CCC(N2CCC(=O)NC(CCC)C2=O)CC1. The highest BCUT2D eigenvalue weighted by atomic mass is 16.2. The smallest absolute Gasteiger partial charge is 0.245 e. The Morgan fingerprint density at radius 1 is 1.05 bits per heavy atom. The summed E-state index contributed by atoms with van der Waals surface area (Å²) in [6.45, 7) is 4.91. The van der Waals surface area contributed by atoms with Gasteiger partial charge in [0.05, 0.1) is 0 Å². The third-order valence-corrected chi connectivity index (χ3v) is 5.03. The molecule has 2 rings (SSSR count). The lowest BCUT2D eigenvalue weighted by Gasteiger charge is -2.37. The van der Waals surface area contributed by atoms with Crippen molar-refractivity contribution in [2.45, 2.75) is 83.7 Å². The molecule has 1 heterocycles. The molecule has 4 nitrogen and oxygen atoms in total. The highest BCUT2D eigenvalue weighted by molar-refractivity contribution is 5.90. The zero-order valence-corrected chi connectivity index (χ0v) is 13.6. The summed E-state index contributed by atoms with van der Waals surface area (Å²) in [5.74, 6) is 1.03. The molecule has 0 aromatic heterocycles. The molecular weight excluding hydrogens is 264 g/mol. The van der Waals surface area contributed by atoms with Crippen molar-refractivity contribution in [3.05, 3.63) is 0 Å². The topological polar surface area (TPSA) is 49.4 Å². The molecule has 2 fully saturated rings. The molecule has 4 heteroatoms. The van der Waals surface area contributed by atoms with E-state index in [-0.39, 0.29) is 17.9 Å². The number of nitrogens with one attached hydrogen (secondary N) is 1. The van der Waals surface area contributed by atoms with Crippen LogP contribution in [-0.2, 0) is 9.59 Å². The van der Waals surface area contributed by atoms with Crippen LogP contribution >= 0.6 is 0 Å². The Kier molecular flexibility index (Phi) is 6.07. The fraction of sp³-hybridized carbons (Fsp3) is 0.882. The monoisotopic (exact) mass is 294 g/mol. The van der Waals surface area contributed by atoms with Crippen LogP contribution in [0.25, 0.3) is 0 Å². The van der Waals surface area contributed by atoms with E-state index in [9.17, 15) is 9.59 Å². The van der Waals surface area contributed by atoms with Crippen molar-refractivity contribution in [2.75, 3.05) is 6.54 Å². The van der Waals surface area contributed by atoms with Crippen molar-refractivity contribution >= 4 is 11.8 Å². The van der Waals surface area contributed by atoms with Crippen molar-refractivity contribution in [1.82, 2.24) is 10.2 Å². The minimum atomic E-state index is -0.293. The Morgan fingerprint density at radius 2 is 1.71 bits per heavy atom. The Bertz CT molecular complexity index is 362. The van der Waals surface area contributed by atoms with Gasteiger partial charge in [0.25, 0.3) is 0 Å². The van der Waals surface area contributed by atoms with Crippen LogP contribution in [0.1, 0.15) is 71.6 Å². The Morgan fingerprint density at radius 3 is 2.33 bits per heavy atom. The summed E-state index contributed by atoms with van der Waals surface area (Å²) in [6, 6.07) is 0.0658. The number of carbonyl (C=O) groups is 2. The standard InChI is InChI=1S/C17H30N2O2/c1-3-5-13-7-9-14(10-8-13)19-12-11-16(20)18-15(6-4-2)17(19)21/h13-15H,3-12H2,1-2H3,(H,18,20). The first-order valence-electron chi connectivity index (χ1n) is 8.75. The third-order valence-electron chi connectivity index (χ3n) is 5.03. The first kappa shape index (κ1) is 16.3. The maximum Gasteiger partial charge on any atom is 0.245 e. The van der Waals surface area contributed by atoms with Crippen LogP contribution in [0.5, 0.6) is 0 Å². The van der Waals surface area contributed by atoms with Crippen molar-refractivity contribution in [1.29, 1.82) is 0 Å². The molecule has 1 saturated carbocycles. The molecule has 2 aliphatic rings. The highest BCUT2D eigenvalue weighted by Crippen LogP contribution is 2.31. The molecule has 2 amide bonds. The van der Waals surface area contributed by atoms with Gasteiger partial charge in [-0.25, -0.2) is 0 Å². The normalized spacial score (nSPS) is 31.0. The number of hydrogen-bond donors (Lipinski definition) is 1. The molecule has 0 bridgehead atoms. The lowest BCUT2D eigenvalue weighted by molar-refractivity contribution is -0.136. The average molecular weight is 294 g/mol. The van der Waals surface area contributed by atoms with Crippen LogP contribution < -0.4 is 5.32 Å². The molecule has 120 valence electrons. The summed E-state index contributed by atoms with van der Waals surface area (Å²) >= 11 is 0. The molecule has 1 atom stereocenters. The van der Waals surface area contributed by atoms with Crippen LogP contribution in [0.3, 0.4) is 0 Å². The van der Waals surface area contributed by atoms with E-state index in [4.69, 9.17) is 0 Å². The summed E-state index contributed by atoms with van der Waals surface area (Å²) < 4.78 is 0. The molecule has 0 aromatic rings. The summed E-state index contributed by atoms with van der Waals surface area (Å²) in [7, 11) is 0. The second kappa shape index (κ2) is 7.81. The summed E-state index contributed by atoms with van der Waals surface area (Å²) in [6.07, 6.45) is 9.42. The molecule has 21 heavy (non-hydrogen) atoms. The van der Waals surface area contributed by atoms with Gasteiger partial charge >= 0.3 is 0 Å². The van der Waals surface area contributed by atoms with Crippen LogP contribution in [0.2, 0.25) is 0 Å². The van der Waals surface area contributed by atoms with Gasteiger partial charge in [-0.2, -0.15) is 0 Å². The lowest BCUT2D eigenvalue weighted by atomic mass is 9.82. The molecule has 0 aromatic carbocycles. The zero-order valence-electron chi connectivity index (χ0n) is 13.6. The summed E-state index contributed by atoms with van der Waals surface area (Å²) in [4.78, 5) is 26.5. The zero-order chi connectivity index (χ0) is 15.2. The van der Waals surface area contributed by atoms with Gasteiger partial charge in [-0.05, 0) is 38.0 Å². The molecule has 1 saturated heterocycles. The van der Waals surface area contributed by atoms with Gasteiger partial charge in [0.15, 0.2) is 0 Å². The molecule has 1 aliphatic heterocycles. The second-order valence-corrected chi connectivity index (χ2v) is 6.65. The maximum atomic E-state index is 12.7. The molecule has 1 N–H and O–H groups in total. The number of hydrogen-bond acceptors (Lipinski definition) is 2. The van der Waals surface area contributed by atoms with Gasteiger partial charge in [0.2, 0.25) is 11.8 Å². The molecule has 0 radical (unpaired) electrons. The minimum absolute atomic E-state index is 0.0315. The van der Waals surface area contributed by atoms with E-state index in [1.807, 2.05) is 4.90 Å². The van der Waals surface area contributed by atoms with E-state index >= 15 is 0 Å². The fourth-order valence-corrected chi connectivity index (χ4v) is 3.86. The van der Waals surface area contributed by atoms with Crippen molar-refractivity contribution in [2.24, 2.45) is 5.92 Å². The average Bonchev–Trinajstić information content (AvgIpc) is 2.61. The Labute approximate surface area is 128 Å². The summed E-state index contributed by atoms with van der Waals surface area (Å²) in [5.41, 5.74) is 0. The number of rotatable bonds is 5. The van der Waals surface area contributed by atoms with E-state index < -0.39 is 0 Å². The highest BCUT2D eigenvalue weighted by Gasteiger charge is 2.34. The number of nitrogens with zero attached hydrogens (tertiary/aromatic N) is 1. The molecule has 1 unspecified atom stereocenters. The van der Waals surface area contributed by atoms with E-state index in [0.717, 1.165) is 31.6 Å². The quantitative estimate of drug-likeness (QED) is 0.847. The van der Waals surface area contributed by atoms with Crippen LogP contribution in [0, 0.1) is 5.92 Å². The number of amides is 2. The van der Waals surface area contributed by atoms with E-state index in [1.165, 1.54) is 25.7 Å². The van der Waals surface area contributed by atoms with Gasteiger partial charge in [-0.15, -0.1) is 0 Å². The predicted octanol–water partition coefficient (Wildman–Crippen LogP) is 2.86. The van der Waals surface area contributed by atoms with E-state index in [0.29, 0.717) is 19.0 Å². The van der Waals surface area contributed by atoms with Crippen LogP contribution in [0.4, 0.5) is 0 Å². The Balaban J connectivity index is 1.97. The Hall–Kier alpha value is -1.06. The third kappa shape index (κ3) is 4.21. The van der Waals surface area contributed by atoms with Gasteiger partial charge in [0.1, 0.15) is 6.04 Å². The minimum Gasteiger partial charge on any atom is -0.344 e. The van der Waals surface area contributed by atoms with E-state index in [2.05, 4.69) is 19.2 Å². The van der Waals surface area contributed by atoms with Crippen molar-refractivity contribution in [3.63, 3.8) is 0 Å². The van der Waals surface area contributed by atoms with Crippen LogP contribution in [0.15, 0.2) is 0 Å². The van der Waals surface area contributed by atoms with Gasteiger partial charge in [-0.1, -0.05) is 33.1 Å². The predicted molar refractivity (Wildman–Crippen MR) is 83.8 cm³/mol. The van der Waals surface area contributed by atoms with E-state index in [1.54, 1.807) is 0 Å². The molecule has 0 spiro atoms. The van der Waals surface area contributed by atoms with Crippen molar-refractivity contribution in [3.8, 4) is 0 Å². The first-order chi connectivity index (χ1) is 10.2. The van der Waals surface area contributed by atoms with Crippen LogP contribution in [-0.4, -0.2) is 35.3 Å². The van der Waals surface area contributed by atoms with Gasteiger partial charge < -0.3 is 10.2 Å². The molecule has 1 aliphatic carbocycles. The lowest BCUT2D eigenvalue weighted by Crippen LogP contribution is -2.49. The van der Waals surface area contributed by atoms with Gasteiger partial charge in [0, 0.05) is 19.0 Å². The fourth-order valence-electron chi connectivity index (χ4n) is 3.86. The van der Waals surface area contributed by atoms with Crippen molar-refractivity contribution < 1.29 is 9.59 Å². The van der Waals surface area contributed by atoms with Gasteiger partial charge in [-0.3, -0.25) is 9.59 Å². The number of carbonyl (C=O) groups excluding carboxylic acids is 2.